The van der Waals surface area contributed by atoms with E-state index in [1.165, 1.54) is 18.0 Å². The highest BCUT2D eigenvalue weighted by atomic mass is 32.2. The Morgan fingerprint density at radius 3 is 3.05 bits per heavy atom. The van der Waals surface area contributed by atoms with E-state index in [0.717, 1.165) is 0 Å². The van der Waals surface area contributed by atoms with Crippen molar-refractivity contribution in [2.75, 3.05) is 12.4 Å². The number of thioether (sulfide) groups is 1. The molecule has 7 heteroatoms. The standard InChI is InChI=1S/C12H11N3O3S/c13-7-8-10(9-3-1-5-18-9)14-12(15-11(8)17)19-6-2-4-16/h1,3,5,16H,2,4,6H2,(H,14,15,17). The molecule has 0 aliphatic heterocycles. The van der Waals surface area contributed by atoms with E-state index in [9.17, 15) is 4.79 Å². The van der Waals surface area contributed by atoms with Crippen LogP contribution in [0.3, 0.4) is 0 Å². The van der Waals surface area contributed by atoms with E-state index < -0.39 is 5.56 Å². The van der Waals surface area contributed by atoms with Crippen molar-refractivity contribution < 1.29 is 9.52 Å². The molecule has 0 radical (unpaired) electrons. The van der Waals surface area contributed by atoms with Crippen LogP contribution >= 0.6 is 11.8 Å². The summed E-state index contributed by atoms with van der Waals surface area (Å²) >= 11 is 1.31. The van der Waals surface area contributed by atoms with Crippen LogP contribution in [-0.4, -0.2) is 27.4 Å². The second kappa shape index (κ2) is 6.22. The fourth-order valence-electron chi connectivity index (χ4n) is 1.45. The molecule has 0 unspecified atom stereocenters. The van der Waals surface area contributed by atoms with E-state index in [1.807, 2.05) is 6.07 Å². The van der Waals surface area contributed by atoms with Gasteiger partial charge in [-0.2, -0.15) is 5.26 Å². The molecule has 19 heavy (non-hydrogen) atoms. The van der Waals surface area contributed by atoms with Gasteiger partial charge in [-0.1, -0.05) is 11.8 Å². The zero-order valence-electron chi connectivity index (χ0n) is 9.92. The van der Waals surface area contributed by atoms with Gasteiger partial charge in [-0.05, 0) is 18.6 Å². The van der Waals surface area contributed by atoms with Gasteiger partial charge < -0.3 is 14.5 Å². The zero-order valence-corrected chi connectivity index (χ0v) is 10.7. The summed E-state index contributed by atoms with van der Waals surface area (Å²) in [4.78, 5) is 18.6. The number of nitriles is 1. The molecule has 2 N–H and O–H groups in total. The Hall–Kier alpha value is -2.04. The van der Waals surface area contributed by atoms with Crippen LogP contribution in [0.4, 0.5) is 0 Å². The van der Waals surface area contributed by atoms with Crippen LogP contribution in [0, 0.1) is 11.3 Å². The summed E-state index contributed by atoms with van der Waals surface area (Å²) in [6, 6.07) is 5.14. The first-order valence-electron chi connectivity index (χ1n) is 5.58. The number of aromatic amines is 1. The predicted molar refractivity (Wildman–Crippen MR) is 69.7 cm³/mol. The Morgan fingerprint density at radius 1 is 1.58 bits per heavy atom. The summed E-state index contributed by atoms with van der Waals surface area (Å²) in [5.41, 5.74) is -0.320. The van der Waals surface area contributed by atoms with Crippen molar-refractivity contribution in [3.8, 4) is 17.5 Å². The summed E-state index contributed by atoms with van der Waals surface area (Å²) in [7, 11) is 0. The lowest BCUT2D eigenvalue weighted by Gasteiger charge is -2.03. The summed E-state index contributed by atoms with van der Waals surface area (Å²) in [6.45, 7) is 0.0819. The molecule has 2 heterocycles. The maximum atomic E-state index is 11.8. The van der Waals surface area contributed by atoms with Gasteiger partial charge in [-0.15, -0.1) is 0 Å². The third kappa shape index (κ3) is 3.05. The second-order valence-corrected chi connectivity index (χ2v) is 4.69. The molecule has 2 aromatic rings. The van der Waals surface area contributed by atoms with E-state index >= 15 is 0 Å². The molecule has 2 rings (SSSR count). The van der Waals surface area contributed by atoms with Crippen LogP contribution < -0.4 is 5.56 Å². The first kappa shape index (κ1) is 13.4. The highest BCUT2D eigenvalue weighted by Gasteiger charge is 2.15. The molecule has 0 atom stereocenters. The number of aromatic nitrogens is 2. The van der Waals surface area contributed by atoms with E-state index in [1.54, 1.807) is 12.1 Å². The lowest BCUT2D eigenvalue weighted by molar-refractivity contribution is 0.296. The third-order valence-electron chi connectivity index (χ3n) is 2.31. The number of rotatable bonds is 5. The number of nitrogens with one attached hydrogen (secondary N) is 1. The van der Waals surface area contributed by atoms with Gasteiger partial charge in [-0.25, -0.2) is 4.98 Å². The quantitative estimate of drug-likeness (QED) is 0.486. The van der Waals surface area contributed by atoms with Gasteiger partial charge in [0.2, 0.25) is 0 Å². The maximum Gasteiger partial charge on any atom is 0.270 e. The van der Waals surface area contributed by atoms with Crippen molar-refractivity contribution in [3.63, 3.8) is 0 Å². The average molecular weight is 277 g/mol. The first-order valence-corrected chi connectivity index (χ1v) is 6.56. The molecular formula is C12H11N3O3S. The molecule has 0 saturated carbocycles. The molecule has 0 aliphatic rings. The van der Waals surface area contributed by atoms with Crippen LogP contribution in [0.25, 0.3) is 11.5 Å². The lowest BCUT2D eigenvalue weighted by atomic mass is 10.2. The van der Waals surface area contributed by atoms with Crippen molar-refractivity contribution in [1.29, 1.82) is 5.26 Å². The van der Waals surface area contributed by atoms with Crippen LogP contribution in [0.2, 0.25) is 0 Å². The largest absolute Gasteiger partial charge is 0.463 e. The molecule has 0 aromatic carbocycles. The Labute approximate surface area is 113 Å². The molecule has 0 saturated heterocycles. The molecule has 0 amide bonds. The van der Waals surface area contributed by atoms with Crippen molar-refractivity contribution in [1.82, 2.24) is 9.97 Å². The second-order valence-electron chi connectivity index (χ2n) is 3.61. The molecule has 0 fully saturated rings. The van der Waals surface area contributed by atoms with Gasteiger partial charge in [0.05, 0.1) is 6.26 Å². The zero-order chi connectivity index (χ0) is 13.7. The Kier molecular flexibility index (Phi) is 4.39. The van der Waals surface area contributed by atoms with Gasteiger partial charge >= 0.3 is 0 Å². The lowest BCUT2D eigenvalue weighted by Crippen LogP contribution is -2.14. The van der Waals surface area contributed by atoms with Crippen LogP contribution in [0.15, 0.2) is 32.8 Å². The topological polar surface area (TPSA) is 103 Å². The third-order valence-corrected chi connectivity index (χ3v) is 3.26. The summed E-state index contributed by atoms with van der Waals surface area (Å²) in [5.74, 6) is 1.01. The van der Waals surface area contributed by atoms with Gasteiger partial charge in [0.1, 0.15) is 17.3 Å². The number of aliphatic hydroxyl groups excluding tert-OH is 1. The minimum Gasteiger partial charge on any atom is -0.463 e. The Bertz CT molecular complexity index is 643. The van der Waals surface area contributed by atoms with Crippen molar-refractivity contribution in [3.05, 3.63) is 34.3 Å². The van der Waals surface area contributed by atoms with Gasteiger partial charge in [-0.3, -0.25) is 4.79 Å². The molecule has 98 valence electrons. The smallest absolute Gasteiger partial charge is 0.270 e. The fourth-order valence-corrected chi connectivity index (χ4v) is 2.24. The SMILES string of the molecule is N#Cc1c(-c2ccco2)nc(SCCCO)[nH]c1=O. The van der Waals surface area contributed by atoms with Gasteiger partial charge in [0.15, 0.2) is 10.9 Å². The van der Waals surface area contributed by atoms with Crippen LogP contribution in [0.5, 0.6) is 0 Å². The van der Waals surface area contributed by atoms with E-state index in [-0.39, 0.29) is 17.9 Å². The number of hydrogen-bond acceptors (Lipinski definition) is 6. The van der Waals surface area contributed by atoms with E-state index in [2.05, 4.69) is 9.97 Å². The van der Waals surface area contributed by atoms with Crippen LogP contribution in [-0.2, 0) is 0 Å². The average Bonchev–Trinajstić information content (AvgIpc) is 2.92. The number of H-pyrrole nitrogens is 1. The minimum atomic E-state index is -0.490. The van der Waals surface area contributed by atoms with Gasteiger partial charge in [0.25, 0.3) is 5.56 Å². The number of nitrogens with zero attached hydrogens (tertiary/aromatic N) is 2. The van der Waals surface area contributed by atoms with E-state index in [4.69, 9.17) is 14.8 Å². The normalized spacial score (nSPS) is 10.3. The van der Waals surface area contributed by atoms with Crippen LogP contribution in [0.1, 0.15) is 12.0 Å². The van der Waals surface area contributed by atoms with E-state index in [0.29, 0.717) is 23.1 Å². The van der Waals surface area contributed by atoms with Gasteiger partial charge in [0, 0.05) is 12.4 Å². The first-order chi connectivity index (χ1) is 9.26. The number of hydrogen-bond donors (Lipinski definition) is 2. The maximum absolute atomic E-state index is 11.8. The van der Waals surface area contributed by atoms with Crippen molar-refractivity contribution in [2.45, 2.75) is 11.6 Å². The number of furan rings is 1. The van der Waals surface area contributed by atoms with Crippen molar-refractivity contribution >= 4 is 11.8 Å². The summed E-state index contributed by atoms with van der Waals surface area (Å²) in [6.07, 6.45) is 2.06. The molecule has 0 aliphatic carbocycles. The minimum absolute atomic E-state index is 0.0681. The number of aliphatic hydroxyl groups is 1. The highest BCUT2D eigenvalue weighted by Crippen LogP contribution is 2.22. The molecule has 0 spiro atoms. The van der Waals surface area contributed by atoms with Crippen molar-refractivity contribution in [2.24, 2.45) is 0 Å². The molecule has 6 nitrogen and oxygen atoms in total. The summed E-state index contributed by atoms with van der Waals surface area (Å²) in [5, 5.41) is 18.1. The molecule has 0 bridgehead atoms. The highest BCUT2D eigenvalue weighted by molar-refractivity contribution is 7.99. The fraction of sp³-hybridized carbons (Fsp3) is 0.250. The Balaban J connectivity index is 2.40. The summed E-state index contributed by atoms with van der Waals surface area (Å²) < 4.78 is 5.18. The predicted octanol–water partition coefficient (Wildman–Crippen LogP) is 1.38. The Morgan fingerprint density at radius 2 is 2.42 bits per heavy atom. The monoisotopic (exact) mass is 277 g/mol. The molecular weight excluding hydrogens is 266 g/mol. The molecule has 2 aromatic heterocycles.